The summed E-state index contributed by atoms with van der Waals surface area (Å²) in [5.41, 5.74) is 3.85. The lowest BCUT2D eigenvalue weighted by atomic mass is 9.70. The van der Waals surface area contributed by atoms with Crippen molar-refractivity contribution in [2.24, 2.45) is 11.8 Å². The number of hydrogen-bond donors (Lipinski definition) is 1. The molecule has 1 aliphatic carbocycles. The number of H-pyrrole nitrogens is 1. The Hall–Kier alpha value is -2.40. The number of aromatic amines is 1. The molecule has 3 atom stereocenters. The molecule has 5 heteroatoms. The number of allylic oxidation sites excluding steroid dienone is 1. The van der Waals surface area contributed by atoms with Gasteiger partial charge in [-0.15, -0.1) is 0 Å². The van der Waals surface area contributed by atoms with Gasteiger partial charge in [0.15, 0.2) is 5.78 Å². The zero-order valence-electron chi connectivity index (χ0n) is 15.4. The van der Waals surface area contributed by atoms with Crippen LogP contribution in [0, 0.1) is 11.8 Å². The van der Waals surface area contributed by atoms with Crippen molar-refractivity contribution in [2.75, 3.05) is 20.7 Å². The number of nitrogens with zero attached hydrogens (tertiary/aromatic N) is 1. The predicted molar refractivity (Wildman–Crippen MR) is 100 cm³/mol. The molecule has 2 aliphatic rings. The Morgan fingerprint density at radius 3 is 2.81 bits per heavy atom. The number of ether oxygens (including phenoxy) is 1. The van der Waals surface area contributed by atoms with Gasteiger partial charge in [-0.05, 0) is 32.0 Å². The largest absolute Gasteiger partial charge is 0.469 e. The van der Waals surface area contributed by atoms with E-state index >= 15 is 0 Å². The Morgan fingerprint density at radius 2 is 2.08 bits per heavy atom. The van der Waals surface area contributed by atoms with Crippen LogP contribution in [0.2, 0.25) is 0 Å². The average Bonchev–Trinajstić information content (AvgIpc) is 3.01. The van der Waals surface area contributed by atoms with E-state index in [1.165, 1.54) is 7.11 Å². The highest BCUT2D eigenvalue weighted by atomic mass is 16.5. The molecule has 1 fully saturated rings. The van der Waals surface area contributed by atoms with Gasteiger partial charge in [-0.3, -0.25) is 14.5 Å². The first-order valence-corrected chi connectivity index (χ1v) is 9.11. The van der Waals surface area contributed by atoms with E-state index in [4.69, 9.17) is 4.74 Å². The van der Waals surface area contributed by atoms with E-state index in [0.717, 1.165) is 28.6 Å². The number of carbonyl (C=O) groups excluding carboxylic acids is 2. The molecule has 136 valence electrons. The van der Waals surface area contributed by atoms with E-state index in [2.05, 4.69) is 16.9 Å². The Kier molecular flexibility index (Phi) is 4.19. The molecule has 2 heterocycles. The van der Waals surface area contributed by atoms with Crippen molar-refractivity contribution in [3.05, 3.63) is 47.2 Å². The molecule has 1 aromatic carbocycles. The lowest BCUT2D eigenvalue weighted by molar-refractivity contribution is -0.150. The number of para-hydroxylation sites is 1. The third kappa shape index (κ3) is 2.50. The number of methoxy groups -OCH3 is 1. The van der Waals surface area contributed by atoms with Gasteiger partial charge in [0.05, 0.1) is 18.7 Å². The van der Waals surface area contributed by atoms with Crippen LogP contribution in [-0.2, 0) is 16.0 Å². The molecule has 1 aromatic heterocycles. The lowest BCUT2D eigenvalue weighted by Crippen LogP contribution is -2.54. The van der Waals surface area contributed by atoms with Crippen LogP contribution < -0.4 is 0 Å². The lowest BCUT2D eigenvalue weighted by Gasteiger charge is -2.45. The van der Waals surface area contributed by atoms with Gasteiger partial charge in [-0.25, -0.2) is 0 Å². The standard InChI is InChI=1S/C21H24N2O3/c1-4-12-11-23(2)17-9-15-13-7-5-6-8-16(13)22-20(15)18(24)10-14(12)19(17)21(25)26-3/h4-8,14,17,19,22H,9-11H2,1-3H3/t14-,17+,19-/m0/s1. The van der Waals surface area contributed by atoms with E-state index in [1.807, 2.05) is 37.3 Å². The van der Waals surface area contributed by atoms with E-state index in [-0.39, 0.29) is 29.6 Å². The van der Waals surface area contributed by atoms with Gasteiger partial charge >= 0.3 is 5.97 Å². The number of likely N-dealkylation sites (N-methyl/N-ethyl adjacent to an activating group) is 1. The molecule has 2 aromatic rings. The highest BCUT2D eigenvalue weighted by molar-refractivity contribution is 6.03. The van der Waals surface area contributed by atoms with E-state index in [1.54, 1.807) is 0 Å². The van der Waals surface area contributed by atoms with Crippen LogP contribution in [0.5, 0.6) is 0 Å². The summed E-state index contributed by atoms with van der Waals surface area (Å²) in [5.74, 6) is -0.559. The maximum Gasteiger partial charge on any atom is 0.310 e. The molecule has 0 unspecified atom stereocenters. The minimum Gasteiger partial charge on any atom is -0.469 e. The maximum absolute atomic E-state index is 13.1. The fourth-order valence-corrected chi connectivity index (χ4v) is 4.76. The van der Waals surface area contributed by atoms with Crippen LogP contribution in [0.1, 0.15) is 29.4 Å². The first-order chi connectivity index (χ1) is 12.5. The minimum absolute atomic E-state index is 0.0159. The number of likely N-dealkylation sites (tertiary alicyclic amines) is 1. The topological polar surface area (TPSA) is 62.4 Å². The number of carbonyl (C=O) groups is 2. The molecule has 0 amide bonds. The second kappa shape index (κ2) is 6.40. The number of piperidine rings is 1. The zero-order chi connectivity index (χ0) is 18.4. The molecule has 1 saturated heterocycles. The van der Waals surface area contributed by atoms with Crippen LogP contribution in [0.4, 0.5) is 0 Å². The molecule has 2 bridgehead atoms. The maximum atomic E-state index is 13.1. The highest BCUT2D eigenvalue weighted by Crippen LogP contribution is 2.41. The van der Waals surface area contributed by atoms with Crippen LogP contribution in [0.15, 0.2) is 35.9 Å². The molecule has 1 N–H and O–H groups in total. The van der Waals surface area contributed by atoms with Crippen molar-refractivity contribution < 1.29 is 14.3 Å². The van der Waals surface area contributed by atoms with E-state index < -0.39 is 0 Å². The van der Waals surface area contributed by atoms with Gasteiger partial charge in [0.1, 0.15) is 0 Å². The third-order valence-electron chi connectivity index (χ3n) is 6.08. The fourth-order valence-electron chi connectivity index (χ4n) is 4.76. The second-order valence-corrected chi connectivity index (χ2v) is 7.36. The number of hydrogen-bond acceptors (Lipinski definition) is 4. The Balaban J connectivity index is 1.91. The third-order valence-corrected chi connectivity index (χ3v) is 6.08. The van der Waals surface area contributed by atoms with Crippen molar-refractivity contribution in [2.45, 2.75) is 25.8 Å². The summed E-state index contributed by atoms with van der Waals surface area (Å²) in [6, 6.07) is 8.02. The van der Waals surface area contributed by atoms with Gasteiger partial charge in [0.2, 0.25) is 0 Å². The Bertz CT molecular complexity index is 911. The Morgan fingerprint density at radius 1 is 1.31 bits per heavy atom. The molecule has 4 rings (SSSR count). The van der Waals surface area contributed by atoms with Gasteiger partial charge in [0.25, 0.3) is 0 Å². The summed E-state index contributed by atoms with van der Waals surface area (Å²) in [6.45, 7) is 2.76. The van der Waals surface area contributed by atoms with Crippen molar-refractivity contribution in [1.82, 2.24) is 9.88 Å². The van der Waals surface area contributed by atoms with Crippen molar-refractivity contribution in [3.63, 3.8) is 0 Å². The summed E-state index contributed by atoms with van der Waals surface area (Å²) in [4.78, 5) is 31.3. The Labute approximate surface area is 153 Å². The van der Waals surface area contributed by atoms with Crippen molar-refractivity contribution >= 4 is 22.7 Å². The van der Waals surface area contributed by atoms with Crippen LogP contribution in [-0.4, -0.2) is 48.4 Å². The average molecular weight is 352 g/mol. The van der Waals surface area contributed by atoms with Gasteiger partial charge < -0.3 is 9.72 Å². The number of benzene rings is 1. The summed E-state index contributed by atoms with van der Waals surface area (Å²) < 4.78 is 5.14. The molecular formula is C21H24N2O3. The van der Waals surface area contributed by atoms with Crippen molar-refractivity contribution in [1.29, 1.82) is 0 Å². The number of ketones is 1. The minimum atomic E-state index is -0.323. The molecule has 0 radical (unpaired) electrons. The fraction of sp³-hybridized carbons (Fsp3) is 0.429. The van der Waals surface area contributed by atoms with Crippen LogP contribution in [0.3, 0.4) is 0 Å². The number of nitrogens with one attached hydrogen (secondary N) is 1. The number of esters is 1. The predicted octanol–water partition coefficient (Wildman–Crippen LogP) is 2.96. The number of fused-ring (bicyclic) bond motifs is 5. The van der Waals surface area contributed by atoms with Gasteiger partial charge in [0, 0.05) is 35.8 Å². The summed E-state index contributed by atoms with van der Waals surface area (Å²) in [7, 11) is 3.49. The van der Waals surface area contributed by atoms with Crippen molar-refractivity contribution in [3.8, 4) is 0 Å². The van der Waals surface area contributed by atoms with Gasteiger partial charge in [-0.2, -0.15) is 0 Å². The zero-order valence-corrected chi connectivity index (χ0v) is 15.4. The number of aromatic nitrogens is 1. The smallest absolute Gasteiger partial charge is 0.310 e. The first kappa shape index (κ1) is 17.0. The first-order valence-electron chi connectivity index (χ1n) is 9.11. The van der Waals surface area contributed by atoms with Gasteiger partial charge in [-0.1, -0.05) is 29.8 Å². The molecule has 26 heavy (non-hydrogen) atoms. The molecule has 0 spiro atoms. The summed E-state index contributed by atoms with van der Waals surface area (Å²) in [6.07, 6.45) is 3.05. The van der Waals surface area contributed by atoms with E-state index in [0.29, 0.717) is 18.5 Å². The quantitative estimate of drug-likeness (QED) is 0.633. The summed E-state index contributed by atoms with van der Waals surface area (Å²) >= 11 is 0. The molecule has 1 aliphatic heterocycles. The molecular weight excluding hydrogens is 328 g/mol. The molecule has 0 saturated carbocycles. The van der Waals surface area contributed by atoms with Crippen LogP contribution in [0.25, 0.3) is 10.9 Å². The SMILES string of the molecule is CC=C1CN(C)[C@@H]2Cc3c([nH]c4ccccc34)C(=O)C[C@@H]1[C@@H]2C(=O)OC. The second-order valence-electron chi connectivity index (χ2n) is 7.36. The van der Waals surface area contributed by atoms with Crippen LogP contribution >= 0.6 is 0 Å². The number of Topliss-reactive ketones (excluding diaryl/α,β-unsaturated/α-hetero) is 1. The summed E-state index contributed by atoms with van der Waals surface area (Å²) in [5, 5.41) is 1.07. The molecule has 5 nitrogen and oxygen atoms in total. The van der Waals surface area contributed by atoms with E-state index in [9.17, 15) is 9.59 Å². The number of rotatable bonds is 1. The monoisotopic (exact) mass is 352 g/mol. The highest BCUT2D eigenvalue weighted by Gasteiger charge is 2.46. The normalized spacial score (nSPS) is 27.9.